The second kappa shape index (κ2) is 8.89. The zero-order valence-corrected chi connectivity index (χ0v) is 15.6. The fourth-order valence-corrected chi connectivity index (χ4v) is 2.66. The Morgan fingerprint density at radius 3 is 2.35 bits per heavy atom. The summed E-state index contributed by atoms with van der Waals surface area (Å²) in [7, 11) is 1.40. The van der Waals surface area contributed by atoms with E-state index in [1.165, 1.54) is 25.3 Å². The number of benzene rings is 2. The van der Waals surface area contributed by atoms with Gasteiger partial charge in [0.1, 0.15) is 5.75 Å². The monoisotopic (exact) mass is 415 g/mol. The Morgan fingerprint density at radius 2 is 1.65 bits per heavy atom. The number of amides is 2. The summed E-state index contributed by atoms with van der Waals surface area (Å²) in [6.45, 7) is -0.709. The first-order chi connectivity index (χ1) is 12.3. The molecule has 0 unspecified atom stereocenters. The number of esters is 1. The molecular formula is C17H12Cl3NO5. The minimum Gasteiger partial charge on any atom is -0.496 e. The fraction of sp³-hybridized carbons (Fsp3) is 0.118. The van der Waals surface area contributed by atoms with Crippen molar-refractivity contribution in [1.82, 2.24) is 5.32 Å². The molecule has 6 nitrogen and oxygen atoms in total. The van der Waals surface area contributed by atoms with Crippen molar-refractivity contribution in [2.24, 2.45) is 0 Å². The third kappa shape index (κ3) is 4.66. The highest BCUT2D eigenvalue weighted by atomic mass is 35.5. The van der Waals surface area contributed by atoms with Crippen LogP contribution in [0, 0.1) is 0 Å². The highest BCUT2D eigenvalue weighted by molar-refractivity contribution is 6.46. The highest BCUT2D eigenvalue weighted by Crippen LogP contribution is 2.31. The van der Waals surface area contributed by atoms with Crippen molar-refractivity contribution >= 4 is 52.6 Å². The average molecular weight is 417 g/mol. The third-order valence-electron chi connectivity index (χ3n) is 3.19. The molecule has 136 valence electrons. The molecule has 0 heterocycles. The van der Waals surface area contributed by atoms with Crippen molar-refractivity contribution in [3.05, 3.63) is 62.6 Å². The van der Waals surface area contributed by atoms with Crippen molar-refractivity contribution < 1.29 is 23.9 Å². The van der Waals surface area contributed by atoms with Gasteiger partial charge >= 0.3 is 5.97 Å². The molecule has 2 aromatic rings. The quantitative estimate of drug-likeness (QED) is 0.593. The normalized spacial score (nSPS) is 10.2. The van der Waals surface area contributed by atoms with Gasteiger partial charge < -0.3 is 9.47 Å². The maximum Gasteiger partial charge on any atom is 0.341 e. The van der Waals surface area contributed by atoms with Gasteiger partial charge in [-0.15, -0.1) is 0 Å². The largest absolute Gasteiger partial charge is 0.496 e. The van der Waals surface area contributed by atoms with Gasteiger partial charge in [-0.1, -0.05) is 46.9 Å². The van der Waals surface area contributed by atoms with E-state index in [-0.39, 0.29) is 26.2 Å². The third-order valence-corrected chi connectivity index (χ3v) is 4.31. The molecule has 0 aliphatic heterocycles. The SMILES string of the molecule is COc1ccccc1C(=O)NC(=O)COC(=O)c1c(Cl)ccc(Cl)c1Cl. The summed E-state index contributed by atoms with van der Waals surface area (Å²) in [6, 6.07) is 9.14. The molecule has 2 amide bonds. The van der Waals surface area contributed by atoms with E-state index < -0.39 is 24.4 Å². The summed E-state index contributed by atoms with van der Waals surface area (Å²) in [5.41, 5.74) is 0.000273. The molecule has 2 aromatic carbocycles. The Labute approximate surface area is 163 Å². The van der Waals surface area contributed by atoms with Gasteiger partial charge in [0.25, 0.3) is 11.8 Å². The average Bonchev–Trinajstić information content (AvgIpc) is 2.63. The first-order valence-corrected chi connectivity index (χ1v) is 8.26. The predicted octanol–water partition coefficient (Wildman–Crippen LogP) is 3.77. The van der Waals surface area contributed by atoms with E-state index in [1.807, 2.05) is 0 Å². The number of carbonyl (C=O) groups is 3. The van der Waals surface area contributed by atoms with Crippen molar-refractivity contribution in [1.29, 1.82) is 0 Å². The van der Waals surface area contributed by atoms with Crippen LogP contribution in [0.3, 0.4) is 0 Å². The lowest BCUT2D eigenvalue weighted by atomic mass is 10.2. The number of rotatable bonds is 5. The zero-order chi connectivity index (χ0) is 19.3. The van der Waals surface area contributed by atoms with E-state index in [1.54, 1.807) is 18.2 Å². The molecule has 0 aliphatic rings. The van der Waals surface area contributed by atoms with Crippen LogP contribution in [-0.4, -0.2) is 31.5 Å². The lowest BCUT2D eigenvalue weighted by molar-refractivity contribution is -0.123. The molecule has 0 atom stereocenters. The number of imide groups is 1. The Bertz CT molecular complexity index is 869. The van der Waals surface area contributed by atoms with Gasteiger partial charge in [0, 0.05) is 0 Å². The van der Waals surface area contributed by atoms with E-state index in [2.05, 4.69) is 5.32 Å². The van der Waals surface area contributed by atoms with Gasteiger partial charge in [0.2, 0.25) is 0 Å². The minimum atomic E-state index is -0.942. The number of carbonyl (C=O) groups excluding carboxylic acids is 3. The Balaban J connectivity index is 2.00. The smallest absolute Gasteiger partial charge is 0.341 e. The van der Waals surface area contributed by atoms with Crippen LogP contribution in [0.1, 0.15) is 20.7 Å². The second-order valence-corrected chi connectivity index (χ2v) is 6.06. The topological polar surface area (TPSA) is 81.7 Å². The number of halogens is 3. The molecule has 0 bridgehead atoms. The molecule has 0 aromatic heterocycles. The van der Waals surface area contributed by atoms with E-state index >= 15 is 0 Å². The molecule has 0 spiro atoms. The Hall–Kier alpha value is -2.28. The van der Waals surface area contributed by atoms with Gasteiger partial charge in [0.15, 0.2) is 6.61 Å². The standard InChI is InChI=1S/C17H12Cl3NO5/c1-25-12-5-3-2-4-9(12)16(23)21-13(22)8-26-17(24)14-10(18)6-7-11(19)15(14)20/h2-7H,8H2,1H3,(H,21,22,23). The fourth-order valence-electron chi connectivity index (χ4n) is 1.98. The van der Waals surface area contributed by atoms with Crippen LogP contribution in [0.2, 0.25) is 15.1 Å². The lowest BCUT2D eigenvalue weighted by Crippen LogP contribution is -2.34. The summed E-state index contributed by atoms with van der Waals surface area (Å²) >= 11 is 17.6. The lowest BCUT2D eigenvalue weighted by Gasteiger charge is -2.10. The van der Waals surface area contributed by atoms with Crippen LogP contribution in [0.25, 0.3) is 0 Å². The first-order valence-electron chi connectivity index (χ1n) is 7.13. The second-order valence-electron chi connectivity index (χ2n) is 4.87. The van der Waals surface area contributed by atoms with Crippen molar-refractivity contribution in [3.63, 3.8) is 0 Å². The minimum absolute atomic E-state index is 0.0231. The first kappa shape index (κ1) is 20.0. The maximum atomic E-state index is 12.1. The summed E-state index contributed by atoms with van der Waals surface area (Å²) in [5.74, 6) is -2.17. The Morgan fingerprint density at radius 1 is 1.00 bits per heavy atom. The number of ether oxygens (including phenoxy) is 2. The number of hydrogen-bond donors (Lipinski definition) is 1. The maximum absolute atomic E-state index is 12.1. The van der Waals surface area contributed by atoms with E-state index in [9.17, 15) is 14.4 Å². The van der Waals surface area contributed by atoms with Gasteiger partial charge in [-0.05, 0) is 24.3 Å². The molecule has 0 radical (unpaired) electrons. The number of para-hydroxylation sites is 1. The summed E-state index contributed by atoms with van der Waals surface area (Å²) in [4.78, 5) is 36.0. The van der Waals surface area contributed by atoms with Crippen LogP contribution < -0.4 is 10.1 Å². The molecule has 0 aliphatic carbocycles. The molecule has 26 heavy (non-hydrogen) atoms. The molecule has 0 saturated heterocycles. The summed E-state index contributed by atoms with van der Waals surface area (Å²) in [5, 5.41) is 2.14. The van der Waals surface area contributed by atoms with Crippen LogP contribution >= 0.6 is 34.8 Å². The Kier molecular flexibility index (Phi) is 6.85. The number of methoxy groups -OCH3 is 1. The molecule has 2 rings (SSSR count). The van der Waals surface area contributed by atoms with Crippen molar-refractivity contribution in [3.8, 4) is 5.75 Å². The van der Waals surface area contributed by atoms with Crippen molar-refractivity contribution in [2.75, 3.05) is 13.7 Å². The number of hydrogen-bond acceptors (Lipinski definition) is 5. The van der Waals surface area contributed by atoms with Crippen LogP contribution in [0.15, 0.2) is 36.4 Å². The van der Waals surface area contributed by atoms with Crippen molar-refractivity contribution in [2.45, 2.75) is 0 Å². The van der Waals surface area contributed by atoms with Gasteiger partial charge in [-0.25, -0.2) is 4.79 Å². The van der Waals surface area contributed by atoms with Gasteiger partial charge in [-0.2, -0.15) is 0 Å². The number of nitrogens with one attached hydrogen (secondary N) is 1. The van der Waals surface area contributed by atoms with Crippen LogP contribution in [-0.2, 0) is 9.53 Å². The highest BCUT2D eigenvalue weighted by Gasteiger charge is 2.21. The van der Waals surface area contributed by atoms with E-state index in [4.69, 9.17) is 44.3 Å². The summed E-state index contributed by atoms with van der Waals surface area (Å²) in [6.07, 6.45) is 0. The van der Waals surface area contributed by atoms with Gasteiger partial charge in [-0.3, -0.25) is 14.9 Å². The predicted molar refractivity (Wildman–Crippen MR) is 97.2 cm³/mol. The zero-order valence-electron chi connectivity index (χ0n) is 13.3. The summed E-state index contributed by atoms with van der Waals surface area (Å²) < 4.78 is 9.88. The molecule has 0 saturated carbocycles. The van der Waals surface area contributed by atoms with E-state index in [0.29, 0.717) is 5.75 Å². The van der Waals surface area contributed by atoms with E-state index in [0.717, 1.165) is 0 Å². The van der Waals surface area contributed by atoms with Crippen LogP contribution in [0.5, 0.6) is 5.75 Å². The molecular weight excluding hydrogens is 405 g/mol. The molecule has 0 fully saturated rings. The molecule has 9 heteroatoms. The van der Waals surface area contributed by atoms with Gasteiger partial charge in [0.05, 0.1) is 33.3 Å². The molecule has 1 N–H and O–H groups in total. The van der Waals surface area contributed by atoms with Crippen LogP contribution in [0.4, 0.5) is 0 Å².